The maximum Gasteiger partial charge on any atom is 0.193 e. The van der Waals surface area contributed by atoms with E-state index < -0.39 is 0 Å². The van der Waals surface area contributed by atoms with E-state index in [0.717, 1.165) is 11.3 Å². The van der Waals surface area contributed by atoms with Gasteiger partial charge in [-0.25, -0.2) is 4.99 Å². The number of aromatic nitrogens is 1. The minimum Gasteiger partial charge on any atom is -0.493 e. The van der Waals surface area contributed by atoms with Gasteiger partial charge in [-0.2, -0.15) is 0 Å². The van der Waals surface area contributed by atoms with E-state index in [9.17, 15) is 0 Å². The highest BCUT2D eigenvalue weighted by Crippen LogP contribution is 2.29. The first-order valence-corrected chi connectivity index (χ1v) is 6.52. The van der Waals surface area contributed by atoms with Crippen molar-refractivity contribution in [3.63, 3.8) is 0 Å². The third kappa shape index (κ3) is 3.92. The number of benzene rings is 1. The van der Waals surface area contributed by atoms with Gasteiger partial charge in [0, 0.05) is 31.2 Å². The number of nitrogens with zero attached hydrogens (tertiary/aromatic N) is 2. The predicted molar refractivity (Wildman–Crippen MR) is 83.9 cm³/mol. The molecule has 0 atom stereocenters. The lowest BCUT2D eigenvalue weighted by molar-refractivity contribution is 0.355. The average Bonchev–Trinajstić information content (AvgIpc) is 2.90. The summed E-state index contributed by atoms with van der Waals surface area (Å²) < 4.78 is 12.4. The second kappa shape index (κ2) is 6.69. The third-order valence-corrected chi connectivity index (χ3v) is 2.98. The van der Waals surface area contributed by atoms with Crippen LogP contribution >= 0.6 is 0 Å². The van der Waals surface area contributed by atoms with Gasteiger partial charge in [-0.3, -0.25) is 0 Å². The Morgan fingerprint density at radius 2 is 2.00 bits per heavy atom. The molecule has 0 bridgehead atoms. The molecule has 2 aromatic rings. The molecule has 0 spiro atoms. The number of guanidine groups is 1. The fourth-order valence-electron chi connectivity index (χ4n) is 1.93. The van der Waals surface area contributed by atoms with E-state index >= 15 is 0 Å². The quantitative estimate of drug-likeness (QED) is 0.651. The van der Waals surface area contributed by atoms with Crippen molar-refractivity contribution in [3.8, 4) is 11.5 Å². The largest absolute Gasteiger partial charge is 0.493 e. The topological polar surface area (TPSA) is 73.8 Å². The van der Waals surface area contributed by atoms with Crippen molar-refractivity contribution >= 4 is 11.6 Å². The number of ether oxygens (including phenoxy) is 2. The highest BCUT2D eigenvalue weighted by molar-refractivity contribution is 5.92. The van der Waals surface area contributed by atoms with Crippen molar-refractivity contribution in [2.45, 2.75) is 6.54 Å². The monoisotopic (exact) mass is 288 g/mol. The number of rotatable bonds is 5. The summed E-state index contributed by atoms with van der Waals surface area (Å²) in [4.78, 5) is 4.30. The van der Waals surface area contributed by atoms with Crippen molar-refractivity contribution in [2.75, 3.05) is 19.5 Å². The number of hydrogen-bond donors (Lipinski definition) is 2. The average molecular weight is 288 g/mol. The number of anilines is 1. The summed E-state index contributed by atoms with van der Waals surface area (Å²) in [5, 5.41) is 3.03. The van der Waals surface area contributed by atoms with Gasteiger partial charge in [0.2, 0.25) is 0 Å². The number of aliphatic imine (C=N–C) groups is 1. The molecule has 3 N–H and O–H groups in total. The summed E-state index contributed by atoms with van der Waals surface area (Å²) in [6, 6.07) is 7.48. The summed E-state index contributed by atoms with van der Waals surface area (Å²) in [5.74, 6) is 1.66. The molecule has 0 saturated heterocycles. The van der Waals surface area contributed by atoms with E-state index in [1.165, 1.54) is 0 Å². The molecule has 6 heteroatoms. The van der Waals surface area contributed by atoms with Gasteiger partial charge in [0.05, 0.1) is 20.8 Å². The highest BCUT2D eigenvalue weighted by Gasteiger charge is 2.05. The first-order chi connectivity index (χ1) is 10.1. The van der Waals surface area contributed by atoms with Crippen LogP contribution in [0.2, 0.25) is 0 Å². The van der Waals surface area contributed by atoms with Gasteiger partial charge >= 0.3 is 0 Å². The zero-order valence-electron chi connectivity index (χ0n) is 12.5. The van der Waals surface area contributed by atoms with Crippen LogP contribution in [0.1, 0.15) is 5.56 Å². The molecule has 1 aromatic carbocycles. The predicted octanol–water partition coefficient (Wildman–Crippen LogP) is 1.97. The van der Waals surface area contributed by atoms with Crippen molar-refractivity contribution in [1.29, 1.82) is 0 Å². The van der Waals surface area contributed by atoms with Gasteiger partial charge in [-0.1, -0.05) is 0 Å². The lowest BCUT2D eigenvalue weighted by atomic mass is 10.3. The van der Waals surface area contributed by atoms with E-state index in [0.29, 0.717) is 24.0 Å². The first-order valence-electron chi connectivity index (χ1n) is 6.52. The molecule has 0 fully saturated rings. The molecule has 0 aliphatic carbocycles. The second-order valence-corrected chi connectivity index (χ2v) is 4.58. The second-order valence-electron chi connectivity index (χ2n) is 4.58. The Balaban J connectivity index is 2.03. The lowest BCUT2D eigenvalue weighted by Crippen LogP contribution is -2.22. The molecule has 1 aromatic heterocycles. The van der Waals surface area contributed by atoms with Crippen molar-refractivity contribution in [2.24, 2.45) is 17.8 Å². The molecule has 0 aliphatic rings. The number of nitrogens with one attached hydrogen (secondary N) is 1. The summed E-state index contributed by atoms with van der Waals surface area (Å²) >= 11 is 0. The van der Waals surface area contributed by atoms with E-state index in [2.05, 4.69) is 10.3 Å². The van der Waals surface area contributed by atoms with Crippen molar-refractivity contribution in [3.05, 3.63) is 42.2 Å². The lowest BCUT2D eigenvalue weighted by Gasteiger charge is -2.10. The molecule has 1 heterocycles. The van der Waals surface area contributed by atoms with E-state index in [4.69, 9.17) is 15.2 Å². The molecule has 2 rings (SSSR count). The molecular weight excluding hydrogens is 268 g/mol. The zero-order chi connectivity index (χ0) is 15.2. The zero-order valence-corrected chi connectivity index (χ0v) is 12.5. The first kappa shape index (κ1) is 14.8. The smallest absolute Gasteiger partial charge is 0.193 e. The Labute approximate surface area is 124 Å². The molecule has 21 heavy (non-hydrogen) atoms. The maximum atomic E-state index is 5.88. The Bertz CT molecular complexity index is 634. The van der Waals surface area contributed by atoms with Crippen LogP contribution in [0.25, 0.3) is 0 Å². The van der Waals surface area contributed by atoms with Crippen LogP contribution in [-0.2, 0) is 13.6 Å². The van der Waals surface area contributed by atoms with Gasteiger partial charge in [0.25, 0.3) is 0 Å². The van der Waals surface area contributed by atoms with Crippen LogP contribution in [0.4, 0.5) is 5.69 Å². The Hall–Kier alpha value is -2.63. The van der Waals surface area contributed by atoms with Gasteiger partial charge in [-0.15, -0.1) is 0 Å². The van der Waals surface area contributed by atoms with Crippen LogP contribution in [0, 0.1) is 0 Å². The molecule has 112 valence electrons. The highest BCUT2D eigenvalue weighted by atomic mass is 16.5. The standard InChI is InChI=1S/C15H20N4O2/c1-19-7-6-11(10-19)9-17-15(16)18-12-4-5-13(20-2)14(8-12)21-3/h4-8,10H,9H2,1-3H3,(H3,16,17,18). The van der Waals surface area contributed by atoms with Crippen molar-refractivity contribution < 1.29 is 9.47 Å². The molecule has 6 nitrogen and oxygen atoms in total. The van der Waals surface area contributed by atoms with E-state index in [-0.39, 0.29) is 0 Å². The number of hydrogen-bond acceptors (Lipinski definition) is 3. The Morgan fingerprint density at radius 1 is 1.24 bits per heavy atom. The van der Waals surface area contributed by atoms with Crippen LogP contribution in [0.3, 0.4) is 0 Å². The number of methoxy groups -OCH3 is 2. The summed E-state index contributed by atoms with van der Waals surface area (Å²) in [6.07, 6.45) is 3.98. The molecule has 0 saturated carbocycles. The summed E-state index contributed by atoms with van der Waals surface area (Å²) in [7, 11) is 5.16. The van der Waals surface area contributed by atoms with Gasteiger partial charge in [-0.05, 0) is 23.8 Å². The Kier molecular flexibility index (Phi) is 4.71. The summed E-state index contributed by atoms with van der Waals surface area (Å²) in [6.45, 7) is 0.535. The van der Waals surface area contributed by atoms with Gasteiger partial charge in [0.15, 0.2) is 17.5 Å². The minimum absolute atomic E-state index is 0.353. The van der Waals surface area contributed by atoms with Crippen LogP contribution < -0.4 is 20.5 Å². The molecule has 0 radical (unpaired) electrons. The SMILES string of the molecule is COc1ccc(NC(N)=NCc2ccn(C)c2)cc1OC. The van der Waals surface area contributed by atoms with E-state index in [1.807, 2.05) is 48.3 Å². The number of nitrogens with two attached hydrogens (primary N) is 1. The van der Waals surface area contributed by atoms with Gasteiger partial charge < -0.3 is 25.1 Å². The van der Waals surface area contributed by atoms with Gasteiger partial charge in [0.1, 0.15) is 0 Å². The van der Waals surface area contributed by atoms with Crippen LogP contribution in [0.15, 0.2) is 41.7 Å². The number of aryl methyl sites for hydroxylation is 1. The summed E-state index contributed by atoms with van der Waals surface area (Å²) in [5.41, 5.74) is 7.78. The normalized spacial score (nSPS) is 11.3. The Morgan fingerprint density at radius 3 is 2.62 bits per heavy atom. The van der Waals surface area contributed by atoms with Crippen LogP contribution in [-0.4, -0.2) is 24.7 Å². The maximum absolute atomic E-state index is 5.88. The molecular formula is C15H20N4O2. The molecule has 0 aliphatic heterocycles. The third-order valence-electron chi connectivity index (χ3n) is 2.98. The van der Waals surface area contributed by atoms with E-state index in [1.54, 1.807) is 14.2 Å². The fourth-order valence-corrected chi connectivity index (χ4v) is 1.93. The minimum atomic E-state index is 0.353. The fraction of sp³-hybridized carbons (Fsp3) is 0.267. The molecule has 0 unspecified atom stereocenters. The molecule has 0 amide bonds. The van der Waals surface area contributed by atoms with Crippen LogP contribution in [0.5, 0.6) is 11.5 Å². The van der Waals surface area contributed by atoms with Crippen molar-refractivity contribution in [1.82, 2.24) is 4.57 Å².